The number of unbranched alkanes of at least 4 members (excludes halogenated alkanes) is 3. The summed E-state index contributed by atoms with van der Waals surface area (Å²) in [6, 6.07) is 6.51. The monoisotopic (exact) mass is 220 g/mol. The average molecular weight is 220 g/mol. The molecule has 1 nitrogen and oxygen atoms in total. The Bertz CT molecular complexity index is 304. The van der Waals surface area contributed by atoms with E-state index in [4.69, 9.17) is 4.74 Å². The molecule has 1 heteroatoms. The fourth-order valence-corrected chi connectivity index (χ4v) is 1.83. The van der Waals surface area contributed by atoms with Gasteiger partial charge >= 0.3 is 0 Å². The topological polar surface area (TPSA) is 9.23 Å². The Morgan fingerprint density at radius 1 is 1.00 bits per heavy atom. The van der Waals surface area contributed by atoms with E-state index in [2.05, 4.69) is 39.0 Å². The number of hydrogen-bond acceptors (Lipinski definition) is 1. The van der Waals surface area contributed by atoms with Gasteiger partial charge in [-0.15, -0.1) is 0 Å². The fraction of sp³-hybridized carbons (Fsp3) is 0.600. The van der Waals surface area contributed by atoms with Crippen LogP contribution in [0, 0.1) is 6.92 Å². The SMILES string of the molecule is CCCCCCOc1cc(C)cc(CC)c1. The van der Waals surface area contributed by atoms with Gasteiger partial charge in [-0.05, 0) is 43.0 Å². The van der Waals surface area contributed by atoms with E-state index in [0.717, 1.165) is 18.8 Å². The second-order valence-corrected chi connectivity index (χ2v) is 4.42. The molecule has 0 aliphatic rings. The highest BCUT2D eigenvalue weighted by Crippen LogP contribution is 2.17. The van der Waals surface area contributed by atoms with Crippen LogP contribution in [0.3, 0.4) is 0 Å². The second kappa shape index (κ2) is 7.32. The zero-order valence-corrected chi connectivity index (χ0v) is 10.9. The number of hydrogen-bond donors (Lipinski definition) is 0. The van der Waals surface area contributed by atoms with Gasteiger partial charge < -0.3 is 4.74 Å². The molecule has 0 N–H and O–H groups in total. The van der Waals surface area contributed by atoms with Crippen molar-refractivity contribution >= 4 is 0 Å². The van der Waals surface area contributed by atoms with Crippen LogP contribution >= 0.6 is 0 Å². The first-order chi connectivity index (χ1) is 7.76. The summed E-state index contributed by atoms with van der Waals surface area (Å²) in [6.45, 7) is 7.39. The molecule has 0 aliphatic heterocycles. The van der Waals surface area contributed by atoms with Crippen LogP contribution in [0.2, 0.25) is 0 Å². The van der Waals surface area contributed by atoms with E-state index in [1.807, 2.05) is 0 Å². The number of ether oxygens (including phenoxy) is 1. The lowest BCUT2D eigenvalue weighted by molar-refractivity contribution is 0.304. The van der Waals surface area contributed by atoms with Crippen molar-refractivity contribution in [2.75, 3.05) is 6.61 Å². The minimum absolute atomic E-state index is 0.854. The maximum Gasteiger partial charge on any atom is 0.119 e. The van der Waals surface area contributed by atoms with Crippen molar-refractivity contribution in [3.05, 3.63) is 29.3 Å². The number of rotatable bonds is 7. The van der Waals surface area contributed by atoms with Crippen LogP contribution in [-0.4, -0.2) is 6.61 Å². The summed E-state index contributed by atoms with van der Waals surface area (Å²) < 4.78 is 5.78. The molecule has 90 valence electrons. The highest BCUT2D eigenvalue weighted by atomic mass is 16.5. The Morgan fingerprint density at radius 2 is 1.81 bits per heavy atom. The Balaban J connectivity index is 2.38. The molecule has 0 fully saturated rings. The van der Waals surface area contributed by atoms with Gasteiger partial charge in [0.15, 0.2) is 0 Å². The highest BCUT2D eigenvalue weighted by molar-refractivity contribution is 5.33. The zero-order valence-electron chi connectivity index (χ0n) is 10.9. The van der Waals surface area contributed by atoms with Gasteiger partial charge in [0.05, 0.1) is 6.61 Å². The molecule has 0 radical (unpaired) electrons. The van der Waals surface area contributed by atoms with Crippen molar-refractivity contribution in [1.82, 2.24) is 0 Å². The molecular weight excluding hydrogens is 196 g/mol. The van der Waals surface area contributed by atoms with Gasteiger partial charge in [0, 0.05) is 0 Å². The first kappa shape index (κ1) is 13.1. The van der Waals surface area contributed by atoms with E-state index in [-0.39, 0.29) is 0 Å². The first-order valence-electron chi connectivity index (χ1n) is 6.49. The van der Waals surface area contributed by atoms with Gasteiger partial charge in [-0.2, -0.15) is 0 Å². The molecule has 0 atom stereocenters. The van der Waals surface area contributed by atoms with E-state index >= 15 is 0 Å². The quantitative estimate of drug-likeness (QED) is 0.614. The predicted octanol–water partition coefficient (Wildman–Crippen LogP) is 4.52. The maximum atomic E-state index is 5.78. The van der Waals surface area contributed by atoms with Crippen LogP contribution in [0.5, 0.6) is 5.75 Å². The van der Waals surface area contributed by atoms with Crippen molar-refractivity contribution in [1.29, 1.82) is 0 Å². The Hall–Kier alpha value is -0.980. The van der Waals surface area contributed by atoms with Crippen molar-refractivity contribution in [2.45, 2.75) is 52.9 Å². The molecule has 1 aromatic carbocycles. The zero-order chi connectivity index (χ0) is 11.8. The molecular formula is C15H24O. The van der Waals surface area contributed by atoms with Crippen LogP contribution in [0.1, 0.15) is 50.7 Å². The third-order valence-electron chi connectivity index (χ3n) is 2.79. The predicted molar refractivity (Wildman–Crippen MR) is 70.2 cm³/mol. The van der Waals surface area contributed by atoms with Gasteiger partial charge in [0.25, 0.3) is 0 Å². The van der Waals surface area contributed by atoms with Gasteiger partial charge in [0.1, 0.15) is 5.75 Å². The molecule has 0 saturated carbocycles. The second-order valence-electron chi connectivity index (χ2n) is 4.42. The van der Waals surface area contributed by atoms with Crippen LogP contribution in [-0.2, 0) is 6.42 Å². The third-order valence-corrected chi connectivity index (χ3v) is 2.79. The Kier molecular flexibility index (Phi) is 5.99. The van der Waals surface area contributed by atoms with Gasteiger partial charge in [0.2, 0.25) is 0 Å². The van der Waals surface area contributed by atoms with Crippen LogP contribution in [0.15, 0.2) is 18.2 Å². The molecule has 1 aromatic rings. The molecule has 16 heavy (non-hydrogen) atoms. The summed E-state index contributed by atoms with van der Waals surface area (Å²) in [6.07, 6.45) is 6.13. The van der Waals surface area contributed by atoms with E-state index in [1.54, 1.807) is 0 Å². The van der Waals surface area contributed by atoms with Crippen molar-refractivity contribution in [3.8, 4) is 5.75 Å². The van der Waals surface area contributed by atoms with E-state index in [1.165, 1.54) is 36.8 Å². The summed E-state index contributed by atoms with van der Waals surface area (Å²) in [5.74, 6) is 1.04. The van der Waals surface area contributed by atoms with Crippen molar-refractivity contribution < 1.29 is 4.74 Å². The Morgan fingerprint density at radius 3 is 2.50 bits per heavy atom. The summed E-state index contributed by atoms with van der Waals surface area (Å²) in [5, 5.41) is 0. The summed E-state index contributed by atoms with van der Waals surface area (Å²) in [4.78, 5) is 0. The molecule has 0 spiro atoms. The molecule has 0 saturated heterocycles. The largest absolute Gasteiger partial charge is 0.494 e. The third kappa shape index (κ3) is 4.69. The normalized spacial score (nSPS) is 10.4. The Labute approximate surface area is 99.8 Å². The summed E-state index contributed by atoms with van der Waals surface area (Å²) >= 11 is 0. The van der Waals surface area contributed by atoms with Crippen LogP contribution in [0.25, 0.3) is 0 Å². The fourth-order valence-electron chi connectivity index (χ4n) is 1.83. The standard InChI is InChI=1S/C15H24O/c1-4-6-7-8-9-16-15-11-13(3)10-14(5-2)12-15/h10-12H,4-9H2,1-3H3. The minimum Gasteiger partial charge on any atom is -0.494 e. The van der Waals surface area contributed by atoms with Crippen molar-refractivity contribution in [3.63, 3.8) is 0 Å². The number of benzene rings is 1. The van der Waals surface area contributed by atoms with E-state index in [9.17, 15) is 0 Å². The summed E-state index contributed by atoms with van der Waals surface area (Å²) in [5.41, 5.74) is 2.66. The average Bonchev–Trinajstić information content (AvgIpc) is 2.28. The molecule has 0 amide bonds. The first-order valence-corrected chi connectivity index (χ1v) is 6.49. The molecule has 0 unspecified atom stereocenters. The van der Waals surface area contributed by atoms with Crippen molar-refractivity contribution in [2.24, 2.45) is 0 Å². The van der Waals surface area contributed by atoms with E-state index in [0.29, 0.717) is 0 Å². The minimum atomic E-state index is 0.854. The van der Waals surface area contributed by atoms with Gasteiger partial charge in [-0.25, -0.2) is 0 Å². The molecule has 0 bridgehead atoms. The molecule has 0 aromatic heterocycles. The lowest BCUT2D eigenvalue weighted by atomic mass is 10.1. The van der Waals surface area contributed by atoms with Gasteiger partial charge in [-0.3, -0.25) is 0 Å². The maximum absolute atomic E-state index is 5.78. The lowest BCUT2D eigenvalue weighted by Gasteiger charge is -2.08. The lowest BCUT2D eigenvalue weighted by Crippen LogP contribution is -1.98. The van der Waals surface area contributed by atoms with E-state index < -0.39 is 0 Å². The highest BCUT2D eigenvalue weighted by Gasteiger charge is 1.98. The summed E-state index contributed by atoms with van der Waals surface area (Å²) in [7, 11) is 0. The molecule has 1 rings (SSSR count). The van der Waals surface area contributed by atoms with Gasteiger partial charge in [-0.1, -0.05) is 39.2 Å². The van der Waals surface area contributed by atoms with Crippen LogP contribution in [0.4, 0.5) is 0 Å². The number of aryl methyl sites for hydroxylation is 2. The molecule has 0 aliphatic carbocycles. The molecule has 0 heterocycles. The smallest absolute Gasteiger partial charge is 0.119 e. The van der Waals surface area contributed by atoms with Crippen LogP contribution < -0.4 is 4.74 Å².